The van der Waals surface area contributed by atoms with E-state index < -0.39 is 12.2 Å². The van der Waals surface area contributed by atoms with Crippen LogP contribution in [0.5, 0.6) is 0 Å². The summed E-state index contributed by atoms with van der Waals surface area (Å²) in [5.74, 6) is 0.176. The third kappa shape index (κ3) is 2.40. The van der Waals surface area contributed by atoms with Crippen molar-refractivity contribution in [1.29, 1.82) is 0 Å². The summed E-state index contributed by atoms with van der Waals surface area (Å²) < 4.78 is 5.49. The van der Waals surface area contributed by atoms with Crippen molar-refractivity contribution in [3.63, 3.8) is 0 Å². The first-order chi connectivity index (χ1) is 9.13. The molecule has 1 aliphatic heterocycles. The summed E-state index contributed by atoms with van der Waals surface area (Å²) in [4.78, 5) is 13.8. The largest absolute Gasteiger partial charge is 0.453 e. The van der Waals surface area contributed by atoms with E-state index in [1.807, 2.05) is 24.3 Å². The smallest absolute Gasteiger partial charge is 0.211 e. The van der Waals surface area contributed by atoms with Gasteiger partial charge < -0.3 is 14.6 Å². The number of likely N-dealkylation sites (tertiary alicyclic amines) is 1. The second kappa shape index (κ2) is 4.77. The van der Waals surface area contributed by atoms with Crippen molar-refractivity contribution >= 4 is 16.8 Å². The number of ketones is 1. The molecule has 1 aliphatic rings. The molecule has 2 aromatic rings. The summed E-state index contributed by atoms with van der Waals surface area (Å²) >= 11 is 0. The summed E-state index contributed by atoms with van der Waals surface area (Å²) in [5, 5.41) is 19.8. The molecule has 100 valence electrons. The van der Waals surface area contributed by atoms with Crippen molar-refractivity contribution in [3.05, 3.63) is 36.1 Å². The second-order valence-electron chi connectivity index (χ2n) is 4.90. The first kappa shape index (κ1) is 12.3. The molecule has 5 heteroatoms. The maximum Gasteiger partial charge on any atom is 0.211 e. The van der Waals surface area contributed by atoms with Crippen LogP contribution >= 0.6 is 0 Å². The van der Waals surface area contributed by atoms with Crippen LogP contribution in [0.25, 0.3) is 11.0 Å². The molecule has 1 aromatic carbocycles. The van der Waals surface area contributed by atoms with Gasteiger partial charge in [0.1, 0.15) is 5.58 Å². The number of nitrogens with zero attached hydrogens (tertiary/aromatic N) is 1. The molecule has 0 radical (unpaired) electrons. The van der Waals surface area contributed by atoms with Gasteiger partial charge in [-0.3, -0.25) is 9.69 Å². The standard InChI is InChI=1S/C14H15NO4/c16-10-6-15(7-11(10)17)8-12(18)14-5-9-3-1-2-4-13(9)19-14/h1-5,10-11,16-17H,6-8H2. The number of β-amino-alcohol motifs (C(OH)–C–C–N with tert-alkyl or cyclic N) is 2. The van der Waals surface area contributed by atoms with Gasteiger partial charge in [0.05, 0.1) is 18.8 Å². The third-order valence-corrected chi connectivity index (χ3v) is 3.40. The average molecular weight is 261 g/mol. The summed E-state index contributed by atoms with van der Waals surface area (Å²) in [5.41, 5.74) is 0.687. The fourth-order valence-corrected chi connectivity index (χ4v) is 2.38. The van der Waals surface area contributed by atoms with Crippen molar-refractivity contribution in [2.75, 3.05) is 19.6 Å². The van der Waals surface area contributed by atoms with Crippen LogP contribution in [-0.2, 0) is 0 Å². The van der Waals surface area contributed by atoms with E-state index in [4.69, 9.17) is 4.42 Å². The Morgan fingerprint density at radius 2 is 1.95 bits per heavy atom. The molecule has 0 amide bonds. The van der Waals surface area contributed by atoms with Gasteiger partial charge in [0, 0.05) is 18.5 Å². The van der Waals surface area contributed by atoms with Crippen molar-refractivity contribution in [3.8, 4) is 0 Å². The molecule has 5 nitrogen and oxygen atoms in total. The highest BCUT2D eigenvalue weighted by Crippen LogP contribution is 2.20. The Bertz CT molecular complexity index is 563. The summed E-state index contributed by atoms with van der Waals surface area (Å²) in [6, 6.07) is 9.17. The number of carbonyl (C=O) groups is 1. The molecular weight excluding hydrogens is 246 g/mol. The Morgan fingerprint density at radius 3 is 2.63 bits per heavy atom. The molecular formula is C14H15NO4. The molecule has 3 rings (SSSR count). The van der Waals surface area contributed by atoms with E-state index in [0.717, 1.165) is 5.39 Å². The van der Waals surface area contributed by atoms with Crippen LogP contribution < -0.4 is 0 Å². The highest BCUT2D eigenvalue weighted by Gasteiger charge is 2.31. The zero-order valence-electron chi connectivity index (χ0n) is 10.3. The quantitative estimate of drug-likeness (QED) is 0.794. The summed E-state index contributed by atoms with van der Waals surface area (Å²) in [6.45, 7) is 0.772. The van der Waals surface area contributed by atoms with Gasteiger partial charge >= 0.3 is 0 Å². The van der Waals surface area contributed by atoms with Gasteiger partial charge in [-0.2, -0.15) is 0 Å². The minimum absolute atomic E-state index is 0.141. The lowest BCUT2D eigenvalue weighted by Crippen LogP contribution is -2.28. The molecule has 1 fully saturated rings. The number of hydrogen-bond donors (Lipinski definition) is 2. The van der Waals surface area contributed by atoms with Crippen molar-refractivity contribution in [2.45, 2.75) is 12.2 Å². The van der Waals surface area contributed by atoms with E-state index in [-0.39, 0.29) is 12.3 Å². The number of para-hydroxylation sites is 1. The second-order valence-corrected chi connectivity index (χ2v) is 4.90. The van der Waals surface area contributed by atoms with Crippen molar-refractivity contribution < 1.29 is 19.4 Å². The summed E-state index contributed by atoms with van der Waals surface area (Å²) in [7, 11) is 0. The number of furan rings is 1. The van der Waals surface area contributed by atoms with E-state index in [1.54, 1.807) is 11.0 Å². The lowest BCUT2D eigenvalue weighted by atomic mass is 10.2. The Hall–Kier alpha value is -1.69. The number of Topliss-reactive ketones (excluding diaryl/α,β-unsaturated/α-hetero) is 1. The lowest BCUT2D eigenvalue weighted by molar-refractivity contribution is 0.0572. The van der Waals surface area contributed by atoms with Gasteiger partial charge in [-0.25, -0.2) is 0 Å². The molecule has 2 N–H and O–H groups in total. The molecule has 19 heavy (non-hydrogen) atoms. The molecule has 0 bridgehead atoms. The first-order valence-electron chi connectivity index (χ1n) is 6.24. The zero-order valence-corrected chi connectivity index (χ0v) is 10.3. The van der Waals surface area contributed by atoms with Crippen LogP contribution in [0.4, 0.5) is 0 Å². The fraction of sp³-hybridized carbons (Fsp3) is 0.357. The Morgan fingerprint density at radius 1 is 1.26 bits per heavy atom. The number of aliphatic hydroxyl groups excluding tert-OH is 2. The minimum Gasteiger partial charge on any atom is -0.453 e. The number of benzene rings is 1. The monoisotopic (exact) mass is 261 g/mol. The van der Waals surface area contributed by atoms with Gasteiger partial charge in [0.15, 0.2) is 5.76 Å². The van der Waals surface area contributed by atoms with Gasteiger partial charge in [-0.1, -0.05) is 18.2 Å². The van der Waals surface area contributed by atoms with Crippen LogP contribution in [-0.4, -0.2) is 52.7 Å². The van der Waals surface area contributed by atoms with Gasteiger partial charge in [-0.15, -0.1) is 0 Å². The van der Waals surface area contributed by atoms with Crippen LogP contribution in [0.2, 0.25) is 0 Å². The van der Waals surface area contributed by atoms with E-state index in [0.29, 0.717) is 24.4 Å². The van der Waals surface area contributed by atoms with Crippen LogP contribution in [0, 0.1) is 0 Å². The molecule has 1 saturated heterocycles. The number of fused-ring (bicyclic) bond motifs is 1. The Kier molecular flexibility index (Phi) is 3.10. The number of rotatable bonds is 3. The molecule has 0 saturated carbocycles. The summed E-state index contributed by atoms with van der Waals surface area (Å²) in [6.07, 6.45) is -1.55. The lowest BCUT2D eigenvalue weighted by Gasteiger charge is -2.11. The topological polar surface area (TPSA) is 73.9 Å². The molecule has 0 aliphatic carbocycles. The predicted octanol–water partition coefficient (Wildman–Crippen LogP) is 0.653. The maximum atomic E-state index is 12.1. The van der Waals surface area contributed by atoms with Gasteiger partial charge in [0.25, 0.3) is 0 Å². The minimum atomic E-state index is -0.775. The maximum absolute atomic E-state index is 12.1. The predicted molar refractivity (Wildman–Crippen MR) is 69.0 cm³/mol. The number of carbonyl (C=O) groups excluding carboxylic acids is 1. The van der Waals surface area contributed by atoms with E-state index in [9.17, 15) is 15.0 Å². The van der Waals surface area contributed by atoms with E-state index >= 15 is 0 Å². The third-order valence-electron chi connectivity index (χ3n) is 3.40. The molecule has 0 spiro atoms. The van der Waals surface area contributed by atoms with E-state index in [2.05, 4.69) is 0 Å². The van der Waals surface area contributed by atoms with Crippen molar-refractivity contribution in [1.82, 2.24) is 4.90 Å². The first-order valence-corrected chi connectivity index (χ1v) is 6.24. The number of aliphatic hydroxyl groups is 2. The van der Waals surface area contributed by atoms with Crippen LogP contribution in [0.15, 0.2) is 34.7 Å². The molecule has 2 unspecified atom stereocenters. The normalized spacial score (nSPS) is 24.1. The SMILES string of the molecule is O=C(CN1CC(O)C(O)C1)c1cc2ccccc2o1. The Balaban J connectivity index is 1.73. The van der Waals surface area contributed by atoms with Crippen molar-refractivity contribution in [2.24, 2.45) is 0 Å². The van der Waals surface area contributed by atoms with Crippen LogP contribution in [0.1, 0.15) is 10.6 Å². The molecule has 2 atom stereocenters. The highest BCUT2D eigenvalue weighted by molar-refractivity contribution is 5.98. The number of hydrogen-bond acceptors (Lipinski definition) is 5. The molecule has 1 aromatic heterocycles. The zero-order chi connectivity index (χ0) is 13.4. The Labute approximate surface area is 110 Å². The van der Waals surface area contributed by atoms with Gasteiger partial charge in [0.2, 0.25) is 5.78 Å². The average Bonchev–Trinajstić information content (AvgIpc) is 2.93. The van der Waals surface area contributed by atoms with Crippen LogP contribution in [0.3, 0.4) is 0 Å². The molecule has 2 heterocycles. The van der Waals surface area contributed by atoms with E-state index in [1.165, 1.54) is 0 Å². The van der Waals surface area contributed by atoms with Gasteiger partial charge in [-0.05, 0) is 12.1 Å². The highest BCUT2D eigenvalue weighted by atomic mass is 16.3. The fourth-order valence-electron chi connectivity index (χ4n) is 2.38.